The third-order valence-corrected chi connectivity index (χ3v) is 3.15. The van der Waals surface area contributed by atoms with E-state index >= 15 is 0 Å². The van der Waals surface area contributed by atoms with Crippen molar-refractivity contribution in [2.45, 2.75) is 19.4 Å². The van der Waals surface area contributed by atoms with Gasteiger partial charge in [-0.1, -0.05) is 60.7 Å². The fourth-order valence-corrected chi connectivity index (χ4v) is 1.97. The maximum absolute atomic E-state index is 12.4. The van der Waals surface area contributed by atoms with Gasteiger partial charge in [-0.2, -0.15) is 0 Å². The highest BCUT2D eigenvalue weighted by molar-refractivity contribution is 6.41. The molecule has 0 unspecified atom stereocenters. The van der Waals surface area contributed by atoms with Crippen LogP contribution in [0, 0.1) is 0 Å². The van der Waals surface area contributed by atoms with E-state index in [4.69, 9.17) is 4.74 Å². The van der Waals surface area contributed by atoms with Gasteiger partial charge in [0, 0.05) is 11.1 Å². The van der Waals surface area contributed by atoms with Gasteiger partial charge in [0.05, 0.1) is 0 Å². The van der Waals surface area contributed by atoms with Crippen molar-refractivity contribution < 1.29 is 19.1 Å². The summed E-state index contributed by atoms with van der Waals surface area (Å²) in [7, 11) is 0. The van der Waals surface area contributed by atoms with Gasteiger partial charge in [0.1, 0.15) is 0 Å². The minimum Gasteiger partial charge on any atom is -0.445 e. The summed E-state index contributed by atoms with van der Waals surface area (Å²) in [6, 6.07) is 16.6. The van der Waals surface area contributed by atoms with E-state index in [0.29, 0.717) is 5.56 Å². The molecule has 0 aromatic heterocycles. The summed E-state index contributed by atoms with van der Waals surface area (Å²) in [4.78, 5) is 36.3. The van der Waals surface area contributed by atoms with Gasteiger partial charge in [-0.15, -0.1) is 0 Å². The van der Waals surface area contributed by atoms with E-state index in [1.54, 1.807) is 48.5 Å². The highest BCUT2D eigenvalue weighted by Gasteiger charge is 2.35. The van der Waals surface area contributed by atoms with Gasteiger partial charge in [0.15, 0.2) is 5.60 Å². The molecule has 0 heterocycles. The Balaban J connectivity index is 2.13. The molecule has 0 N–H and O–H groups in total. The number of hydrogen-bond donors (Lipinski definition) is 0. The van der Waals surface area contributed by atoms with E-state index < -0.39 is 17.4 Å². The van der Waals surface area contributed by atoms with Crippen LogP contribution in [-0.4, -0.2) is 23.1 Å². The average Bonchev–Trinajstić information content (AvgIpc) is 2.54. The molecule has 0 saturated heterocycles. The van der Waals surface area contributed by atoms with Crippen molar-refractivity contribution in [2.24, 2.45) is 0 Å². The molecular formula is C18H16O4. The Morgan fingerprint density at radius 1 is 0.773 bits per heavy atom. The summed E-state index contributed by atoms with van der Waals surface area (Å²) >= 11 is 0. The number of rotatable bonds is 5. The zero-order valence-corrected chi connectivity index (χ0v) is 12.4. The van der Waals surface area contributed by atoms with Crippen LogP contribution in [0.25, 0.3) is 0 Å². The number of benzene rings is 2. The third-order valence-electron chi connectivity index (χ3n) is 3.15. The topological polar surface area (TPSA) is 60.4 Å². The zero-order chi connectivity index (χ0) is 16.2. The molecule has 2 aromatic carbocycles. The molecule has 2 aromatic rings. The van der Waals surface area contributed by atoms with Crippen LogP contribution in [0.4, 0.5) is 0 Å². The average molecular weight is 296 g/mol. The van der Waals surface area contributed by atoms with Gasteiger partial charge in [0.25, 0.3) is 5.78 Å². The Bertz CT molecular complexity index is 688. The summed E-state index contributed by atoms with van der Waals surface area (Å²) in [6.45, 7) is 2.94. The molecule has 0 atom stereocenters. The van der Waals surface area contributed by atoms with Crippen LogP contribution in [-0.2, 0) is 9.53 Å². The zero-order valence-electron chi connectivity index (χ0n) is 12.4. The van der Waals surface area contributed by atoms with E-state index in [1.165, 1.54) is 26.0 Å². The number of carbonyl (C=O) groups is 3. The van der Waals surface area contributed by atoms with Crippen LogP contribution < -0.4 is 0 Å². The predicted molar refractivity (Wildman–Crippen MR) is 81.7 cm³/mol. The second kappa shape index (κ2) is 6.35. The lowest BCUT2D eigenvalue weighted by Crippen LogP contribution is -2.39. The van der Waals surface area contributed by atoms with E-state index in [1.807, 2.05) is 0 Å². The SMILES string of the molecule is CC(C)(OC(=O)C(=O)c1ccccc1)C(=O)c1ccccc1. The van der Waals surface area contributed by atoms with Crippen molar-refractivity contribution in [3.05, 3.63) is 71.8 Å². The number of hydrogen-bond acceptors (Lipinski definition) is 4. The first kappa shape index (κ1) is 15.6. The first-order chi connectivity index (χ1) is 10.4. The molecule has 4 nitrogen and oxygen atoms in total. The van der Waals surface area contributed by atoms with Crippen molar-refractivity contribution >= 4 is 17.5 Å². The van der Waals surface area contributed by atoms with Crippen molar-refractivity contribution in [1.29, 1.82) is 0 Å². The lowest BCUT2D eigenvalue weighted by Gasteiger charge is -2.23. The molecule has 112 valence electrons. The van der Waals surface area contributed by atoms with E-state index in [0.717, 1.165) is 0 Å². The van der Waals surface area contributed by atoms with Crippen molar-refractivity contribution in [2.75, 3.05) is 0 Å². The van der Waals surface area contributed by atoms with Crippen LogP contribution >= 0.6 is 0 Å². The first-order valence-electron chi connectivity index (χ1n) is 6.84. The highest BCUT2D eigenvalue weighted by Crippen LogP contribution is 2.18. The van der Waals surface area contributed by atoms with Gasteiger partial charge < -0.3 is 4.74 Å². The van der Waals surface area contributed by atoms with Crippen LogP contribution in [0.15, 0.2) is 60.7 Å². The number of ether oxygens (including phenoxy) is 1. The molecule has 0 fully saturated rings. The Morgan fingerprint density at radius 2 is 1.23 bits per heavy atom. The van der Waals surface area contributed by atoms with Crippen LogP contribution in [0.1, 0.15) is 34.6 Å². The lowest BCUT2D eigenvalue weighted by atomic mass is 9.96. The van der Waals surface area contributed by atoms with E-state index in [-0.39, 0.29) is 11.3 Å². The van der Waals surface area contributed by atoms with Crippen molar-refractivity contribution in [1.82, 2.24) is 0 Å². The summed E-state index contributed by atoms with van der Waals surface area (Å²) in [5.41, 5.74) is -0.758. The third kappa shape index (κ3) is 3.47. The molecule has 0 aliphatic rings. The van der Waals surface area contributed by atoms with E-state index in [2.05, 4.69) is 0 Å². The maximum atomic E-state index is 12.4. The van der Waals surface area contributed by atoms with Crippen molar-refractivity contribution in [3.63, 3.8) is 0 Å². The molecular weight excluding hydrogens is 280 g/mol. The largest absolute Gasteiger partial charge is 0.445 e. The molecule has 22 heavy (non-hydrogen) atoms. The standard InChI is InChI=1S/C18H16O4/c1-18(2,16(20)14-11-7-4-8-12-14)22-17(21)15(19)13-9-5-3-6-10-13/h3-12H,1-2H3. The monoisotopic (exact) mass is 296 g/mol. The molecule has 0 spiro atoms. The van der Waals surface area contributed by atoms with E-state index in [9.17, 15) is 14.4 Å². The summed E-state index contributed by atoms with van der Waals surface area (Å²) in [5, 5.41) is 0. The molecule has 0 amide bonds. The number of ketones is 2. The Hall–Kier alpha value is -2.75. The normalized spacial score (nSPS) is 10.8. The minimum atomic E-state index is -1.41. The molecule has 4 heteroatoms. The van der Waals surface area contributed by atoms with Crippen LogP contribution in [0.3, 0.4) is 0 Å². The van der Waals surface area contributed by atoms with Crippen LogP contribution in [0.2, 0.25) is 0 Å². The molecule has 2 rings (SSSR count). The highest BCUT2D eigenvalue weighted by atomic mass is 16.6. The van der Waals surface area contributed by atoms with Gasteiger partial charge in [-0.05, 0) is 13.8 Å². The fraction of sp³-hybridized carbons (Fsp3) is 0.167. The molecule has 0 aliphatic carbocycles. The summed E-state index contributed by atoms with van der Waals surface area (Å²) in [5.74, 6) is -2.17. The Kier molecular flexibility index (Phi) is 4.51. The smallest absolute Gasteiger partial charge is 0.380 e. The van der Waals surface area contributed by atoms with Gasteiger partial charge in [0.2, 0.25) is 5.78 Å². The van der Waals surface area contributed by atoms with Gasteiger partial charge >= 0.3 is 5.97 Å². The minimum absolute atomic E-state index is 0.232. The second-order valence-electron chi connectivity index (χ2n) is 5.29. The number of Topliss-reactive ketones (excluding diaryl/α,β-unsaturated/α-hetero) is 2. The second-order valence-corrected chi connectivity index (χ2v) is 5.29. The Morgan fingerprint density at radius 3 is 1.73 bits per heavy atom. The maximum Gasteiger partial charge on any atom is 0.380 e. The molecule has 0 saturated carbocycles. The Labute approximate surface area is 128 Å². The fourth-order valence-electron chi connectivity index (χ4n) is 1.97. The number of esters is 1. The predicted octanol–water partition coefficient (Wildman–Crippen LogP) is 3.07. The quantitative estimate of drug-likeness (QED) is 0.483. The van der Waals surface area contributed by atoms with Gasteiger partial charge in [-0.25, -0.2) is 4.79 Å². The summed E-state index contributed by atoms with van der Waals surface area (Å²) < 4.78 is 5.13. The first-order valence-corrected chi connectivity index (χ1v) is 6.84. The molecule has 0 radical (unpaired) electrons. The lowest BCUT2D eigenvalue weighted by molar-refractivity contribution is -0.146. The molecule has 0 aliphatic heterocycles. The molecule has 0 bridgehead atoms. The van der Waals surface area contributed by atoms with Crippen LogP contribution in [0.5, 0.6) is 0 Å². The van der Waals surface area contributed by atoms with Gasteiger partial charge in [-0.3, -0.25) is 9.59 Å². The number of carbonyl (C=O) groups excluding carboxylic acids is 3. The summed E-state index contributed by atoms with van der Waals surface area (Å²) in [6.07, 6.45) is 0. The van der Waals surface area contributed by atoms with Crippen molar-refractivity contribution in [3.8, 4) is 0 Å².